The van der Waals surface area contributed by atoms with Crippen molar-refractivity contribution in [2.75, 3.05) is 13.1 Å². The van der Waals surface area contributed by atoms with E-state index in [1.165, 1.54) is 6.08 Å². The van der Waals surface area contributed by atoms with Crippen LogP contribution in [0.4, 0.5) is 13.2 Å². The zero-order valence-electron chi connectivity index (χ0n) is 16.1. The zero-order chi connectivity index (χ0) is 21.3. The van der Waals surface area contributed by atoms with Crippen LogP contribution in [-0.2, 0) is 6.54 Å². The molecule has 30 heavy (non-hydrogen) atoms. The second-order valence-electron chi connectivity index (χ2n) is 7.56. The predicted octanol–water partition coefficient (Wildman–Crippen LogP) is 3.67. The molecule has 0 N–H and O–H groups in total. The highest BCUT2D eigenvalue weighted by molar-refractivity contribution is 5.91. The summed E-state index contributed by atoms with van der Waals surface area (Å²) in [5.74, 6) is -0.229. The van der Waals surface area contributed by atoms with Crippen molar-refractivity contribution in [1.29, 1.82) is 5.26 Å². The van der Waals surface area contributed by atoms with Crippen LogP contribution in [-0.4, -0.2) is 44.8 Å². The number of piperidine rings is 1. The number of allylic oxidation sites excluding steroid dienone is 7. The average Bonchev–Trinajstić information content (AvgIpc) is 2.98. The fourth-order valence-corrected chi connectivity index (χ4v) is 4.11. The van der Waals surface area contributed by atoms with Crippen molar-refractivity contribution in [3.63, 3.8) is 0 Å². The van der Waals surface area contributed by atoms with Crippen molar-refractivity contribution in [3.8, 4) is 6.07 Å². The quantitative estimate of drug-likeness (QED) is 0.739. The summed E-state index contributed by atoms with van der Waals surface area (Å²) in [7, 11) is 0. The summed E-state index contributed by atoms with van der Waals surface area (Å²) < 4.78 is 42.1. The van der Waals surface area contributed by atoms with Gasteiger partial charge in [-0.3, -0.25) is 4.79 Å². The zero-order valence-corrected chi connectivity index (χ0v) is 16.1. The van der Waals surface area contributed by atoms with E-state index in [4.69, 9.17) is 5.26 Å². The molecule has 6 nitrogen and oxygen atoms in total. The summed E-state index contributed by atoms with van der Waals surface area (Å²) in [6.07, 6.45) is 6.35. The number of carbonyl (C=O) groups excluding carboxylic acids is 1. The third-order valence-corrected chi connectivity index (χ3v) is 5.69. The van der Waals surface area contributed by atoms with Gasteiger partial charge in [-0.25, -0.2) is 0 Å². The van der Waals surface area contributed by atoms with Crippen molar-refractivity contribution in [3.05, 3.63) is 53.2 Å². The molecule has 2 aliphatic heterocycles. The van der Waals surface area contributed by atoms with Gasteiger partial charge in [-0.05, 0) is 36.8 Å². The van der Waals surface area contributed by atoms with E-state index in [2.05, 4.69) is 16.3 Å². The van der Waals surface area contributed by atoms with Crippen molar-refractivity contribution in [1.82, 2.24) is 19.7 Å². The van der Waals surface area contributed by atoms with Crippen LogP contribution in [0.1, 0.15) is 35.7 Å². The Bertz CT molecular complexity index is 1000. The van der Waals surface area contributed by atoms with Crippen LogP contribution in [0.3, 0.4) is 0 Å². The molecule has 0 spiro atoms. The van der Waals surface area contributed by atoms with Gasteiger partial charge in [0.15, 0.2) is 5.82 Å². The highest BCUT2D eigenvalue weighted by Crippen LogP contribution is 2.37. The van der Waals surface area contributed by atoms with Gasteiger partial charge < -0.3 is 9.47 Å². The molecule has 3 heterocycles. The molecule has 1 amide bonds. The van der Waals surface area contributed by atoms with Gasteiger partial charge in [-0.15, -0.1) is 10.2 Å². The number of carbonyl (C=O) groups is 1. The molecule has 0 radical (unpaired) electrons. The molecule has 1 aliphatic carbocycles. The number of amides is 1. The van der Waals surface area contributed by atoms with Gasteiger partial charge in [-0.2, -0.15) is 18.4 Å². The van der Waals surface area contributed by atoms with Crippen LogP contribution in [0.25, 0.3) is 6.08 Å². The maximum atomic E-state index is 13.5. The second-order valence-corrected chi connectivity index (χ2v) is 7.56. The summed E-state index contributed by atoms with van der Waals surface area (Å²) in [6, 6.07) is 2.15. The summed E-state index contributed by atoms with van der Waals surface area (Å²) in [5.41, 5.74) is -0.299. The van der Waals surface area contributed by atoms with Crippen molar-refractivity contribution < 1.29 is 18.0 Å². The van der Waals surface area contributed by atoms with Gasteiger partial charge in [0.05, 0.1) is 17.6 Å². The van der Waals surface area contributed by atoms with E-state index >= 15 is 0 Å². The third-order valence-electron chi connectivity index (χ3n) is 5.69. The smallest absolute Gasteiger partial charge is 0.336 e. The summed E-state index contributed by atoms with van der Waals surface area (Å²) in [6.45, 7) is 0.997. The molecule has 9 heteroatoms. The first-order valence-electron chi connectivity index (χ1n) is 9.83. The van der Waals surface area contributed by atoms with Crippen molar-refractivity contribution in [2.45, 2.75) is 32.0 Å². The first kappa shape index (κ1) is 20.1. The molecule has 1 atom stereocenters. The van der Waals surface area contributed by atoms with Gasteiger partial charge in [0.25, 0.3) is 5.91 Å². The number of halogens is 3. The molecule has 0 saturated carbocycles. The first-order chi connectivity index (χ1) is 14.4. The van der Waals surface area contributed by atoms with E-state index in [9.17, 15) is 18.0 Å². The molecule has 0 bridgehead atoms. The minimum absolute atomic E-state index is 0.167. The molecular weight excluding hydrogens is 395 g/mol. The summed E-state index contributed by atoms with van der Waals surface area (Å²) in [5, 5.41) is 17.1. The molecule has 1 aromatic heterocycles. The fraction of sp³-hybridized carbons (Fsp3) is 0.429. The van der Waals surface area contributed by atoms with Crippen LogP contribution < -0.4 is 0 Å². The Labute approximate surface area is 171 Å². The van der Waals surface area contributed by atoms with E-state index in [-0.39, 0.29) is 23.6 Å². The number of rotatable bonds is 2. The van der Waals surface area contributed by atoms with Crippen LogP contribution in [0, 0.1) is 23.2 Å². The molecule has 1 fully saturated rings. The van der Waals surface area contributed by atoms with Crippen molar-refractivity contribution >= 4 is 12.0 Å². The standard InChI is InChI=1S/C21H20F3N5O/c22-21(23,24)17-5-3-1-2-4-16(17)15-8-10-28(11-9-15)20(30)19-27-26-18-7-6-14(12-25)13-29(18)19/h2-7,14-15H,1,8-11,13H2. The van der Waals surface area contributed by atoms with Crippen LogP contribution in [0.2, 0.25) is 0 Å². The number of hydrogen-bond donors (Lipinski definition) is 0. The number of alkyl halides is 3. The lowest BCUT2D eigenvalue weighted by Gasteiger charge is -2.33. The number of nitriles is 1. The summed E-state index contributed by atoms with van der Waals surface area (Å²) >= 11 is 0. The van der Waals surface area contributed by atoms with Crippen LogP contribution in [0.5, 0.6) is 0 Å². The Balaban J connectivity index is 1.49. The Kier molecular flexibility index (Phi) is 5.33. The molecule has 3 aliphatic rings. The Hall–Kier alpha value is -3.15. The lowest BCUT2D eigenvalue weighted by Crippen LogP contribution is -2.40. The Morgan fingerprint density at radius 3 is 2.57 bits per heavy atom. The summed E-state index contributed by atoms with van der Waals surface area (Å²) in [4.78, 5) is 14.6. The number of hydrogen-bond acceptors (Lipinski definition) is 4. The molecule has 156 valence electrons. The van der Waals surface area contributed by atoms with Gasteiger partial charge in [0, 0.05) is 19.6 Å². The normalized spacial score (nSPS) is 22.1. The number of aromatic nitrogens is 3. The molecule has 1 unspecified atom stereocenters. The highest BCUT2D eigenvalue weighted by atomic mass is 19.4. The number of nitrogens with zero attached hydrogens (tertiary/aromatic N) is 5. The number of likely N-dealkylation sites (tertiary alicyclic amines) is 1. The monoisotopic (exact) mass is 415 g/mol. The van der Waals surface area contributed by atoms with Gasteiger partial charge in [-0.1, -0.05) is 30.4 Å². The molecular formula is C21H20F3N5O. The van der Waals surface area contributed by atoms with Crippen LogP contribution in [0.15, 0.2) is 41.5 Å². The minimum Gasteiger partial charge on any atom is -0.336 e. The lowest BCUT2D eigenvalue weighted by molar-refractivity contribution is -0.0893. The maximum Gasteiger partial charge on any atom is 0.416 e. The van der Waals surface area contributed by atoms with Crippen LogP contribution >= 0.6 is 0 Å². The topological polar surface area (TPSA) is 74.8 Å². The number of fused-ring (bicyclic) bond motifs is 1. The average molecular weight is 415 g/mol. The maximum absolute atomic E-state index is 13.5. The third kappa shape index (κ3) is 3.82. The van der Waals surface area contributed by atoms with Gasteiger partial charge in [0.2, 0.25) is 5.82 Å². The highest BCUT2D eigenvalue weighted by Gasteiger charge is 2.37. The second kappa shape index (κ2) is 7.94. The fourth-order valence-electron chi connectivity index (χ4n) is 4.11. The molecule has 1 saturated heterocycles. The molecule has 1 aromatic rings. The predicted molar refractivity (Wildman–Crippen MR) is 103 cm³/mol. The SMILES string of the molecule is N#CC1C=Cc2nnc(C(=O)N3CCC(C4=C(C(F)(F)F)C=CCC=C4)CC3)n2C1. The van der Waals surface area contributed by atoms with Crippen molar-refractivity contribution in [2.24, 2.45) is 11.8 Å². The van der Waals surface area contributed by atoms with E-state index in [0.29, 0.717) is 50.3 Å². The van der Waals surface area contributed by atoms with Gasteiger partial charge in [0.1, 0.15) is 0 Å². The molecule has 4 rings (SSSR count). The van der Waals surface area contributed by atoms with E-state index in [0.717, 1.165) is 6.08 Å². The Morgan fingerprint density at radius 2 is 1.87 bits per heavy atom. The largest absolute Gasteiger partial charge is 0.416 e. The lowest BCUT2D eigenvalue weighted by atomic mass is 9.85. The Morgan fingerprint density at radius 1 is 1.13 bits per heavy atom. The van der Waals surface area contributed by atoms with E-state index < -0.39 is 11.7 Å². The van der Waals surface area contributed by atoms with E-state index in [1.54, 1.807) is 33.8 Å². The van der Waals surface area contributed by atoms with Gasteiger partial charge >= 0.3 is 6.18 Å². The minimum atomic E-state index is -4.40. The van der Waals surface area contributed by atoms with E-state index in [1.807, 2.05) is 0 Å². The molecule has 0 aromatic carbocycles. The first-order valence-corrected chi connectivity index (χ1v) is 9.83.